The van der Waals surface area contributed by atoms with Crippen LogP contribution in [0.25, 0.3) is 0 Å². The zero-order chi connectivity index (χ0) is 14.0. The van der Waals surface area contributed by atoms with Crippen LogP contribution >= 0.6 is 0 Å². The van der Waals surface area contributed by atoms with Gasteiger partial charge >= 0.3 is 5.97 Å². The van der Waals surface area contributed by atoms with Crippen molar-refractivity contribution in [3.63, 3.8) is 0 Å². The fourth-order valence-corrected chi connectivity index (χ4v) is 2.96. The second-order valence-corrected chi connectivity index (χ2v) is 5.57. The van der Waals surface area contributed by atoms with Crippen LogP contribution in [0.4, 0.5) is 0 Å². The van der Waals surface area contributed by atoms with Gasteiger partial charge in [-0.1, -0.05) is 6.07 Å². The smallest absolute Gasteiger partial charge is 0.306 e. The molecule has 0 unspecified atom stereocenters. The maximum absolute atomic E-state index is 11.0. The maximum Gasteiger partial charge on any atom is 0.306 e. The average Bonchev–Trinajstić information content (AvgIpc) is 2.41. The van der Waals surface area contributed by atoms with Gasteiger partial charge in [0.2, 0.25) is 0 Å². The van der Waals surface area contributed by atoms with Crippen LogP contribution in [0, 0.1) is 19.8 Å². The van der Waals surface area contributed by atoms with Crippen LogP contribution in [-0.4, -0.2) is 18.2 Å². The average molecular weight is 262 g/mol. The number of carboxylic acid groups (broad SMARTS) is 1. The third-order valence-corrected chi connectivity index (χ3v) is 4.36. The highest BCUT2D eigenvalue weighted by atomic mass is 16.5. The molecule has 1 saturated carbocycles. The van der Waals surface area contributed by atoms with E-state index in [1.165, 1.54) is 16.7 Å². The second-order valence-electron chi connectivity index (χ2n) is 5.57. The Morgan fingerprint density at radius 2 is 1.74 bits per heavy atom. The summed E-state index contributed by atoms with van der Waals surface area (Å²) in [5.74, 6) is 0.575. The molecule has 3 heteroatoms. The van der Waals surface area contributed by atoms with Crippen LogP contribution < -0.4 is 4.74 Å². The SMILES string of the molecule is COc1cc(C)c(C)cc1C1CCC(C(=O)O)CC1. The summed E-state index contributed by atoms with van der Waals surface area (Å²) in [5.41, 5.74) is 3.76. The van der Waals surface area contributed by atoms with Crippen molar-refractivity contribution in [1.29, 1.82) is 0 Å². The molecule has 3 nitrogen and oxygen atoms in total. The first-order valence-electron chi connectivity index (χ1n) is 6.91. The quantitative estimate of drug-likeness (QED) is 0.904. The zero-order valence-corrected chi connectivity index (χ0v) is 11.9. The molecule has 2 rings (SSSR count). The minimum atomic E-state index is -0.648. The van der Waals surface area contributed by atoms with Crippen LogP contribution in [0.5, 0.6) is 5.75 Å². The highest BCUT2D eigenvalue weighted by molar-refractivity contribution is 5.70. The minimum Gasteiger partial charge on any atom is -0.496 e. The van der Waals surface area contributed by atoms with E-state index in [1.54, 1.807) is 7.11 Å². The molecule has 0 aliphatic heterocycles. The Labute approximate surface area is 114 Å². The van der Waals surface area contributed by atoms with E-state index < -0.39 is 5.97 Å². The minimum absolute atomic E-state index is 0.159. The molecule has 0 heterocycles. The van der Waals surface area contributed by atoms with Gasteiger partial charge in [0.05, 0.1) is 13.0 Å². The number of hydrogen-bond acceptors (Lipinski definition) is 2. The predicted octanol–water partition coefficient (Wildman–Crippen LogP) is 3.67. The standard InChI is InChI=1S/C16H22O3/c1-10-8-14(15(19-3)9-11(10)2)12-4-6-13(7-5-12)16(17)18/h8-9,12-13H,4-7H2,1-3H3,(H,17,18). The number of ether oxygens (including phenoxy) is 1. The fourth-order valence-electron chi connectivity index (χ4n) is 2.96. The molecule has 0 amide bonds. The number of carbonyl (C=O) groups is 1. The first-order chi connectivity index (χ1) is 9.02. The van der Waals surface area contributed by atoms with Crippen molar-refractivity contribution < 1.29 is 14.6 Å². The van der Waals surface area contributed by atoms with Crippen LogP contribution in [0.1, 0.15) is 48.3 Å². The summed E-state index contributed by atoms with van der Waals surface area (Å²) in [4.78, 5) is 11.0. The van der Waals surface area contributed by atoms with E-state index in [0.29, 0.717) is 5.92 Å². The summed E-state index contributed by atoms with van der Waals surface area (Å²) < 4.78 is 5.49. The van der Waals surface area contributed by atoms with Crippen LogP contribution in [0.3, 0.4) is 0 Å². The lowest BCUT2D eigenvalue weighted by Gasteiger charge is -2.28. The van der Waals surface area contributed by atoms with Gasteiger partial charge in [-0.3, -0.25) is 4.79 Å². The summed E-state index contributed by atoms with van der Waals surface area (Å²) in [7, 11) is 1.70. The Hall–Kier alpha value is -1.51. The molecule has 0 bridgehead atoms. The predicted molar refractivity (Wildman–Crippen MR) is 74.8 cm³/mol. The summed E-state index contributed by atoms with van der Waals surface area (Å²) in [6, 6.07) is 4.30. The van der Waals surface area contributed by atoms with Gasteiger partial charge in [0, 0.05) is 0 Å². The van der Waals surface area contributed by atoms with Gasteiger partial charge < -0.3 is 9.84 Å². The second kappa shape index (κ2) is 5.64. The molecule has 1 aliphatic carbocycles. The molecule has 0 radical (unpaired) electrons. The maximum atomic E-state index is 11.0. The van der Waals surface area contributed by atoms with Crippen molar-refractivity contribution in [2.24, 2.45) is 5.92 Å². The van der Waals surface area contributed by atoms with Gasteiger partial charge in [0.15, 0.2) is 0 Å². The third kappa shape index (κ3) is 2.91. The van der Waals surface area contributed by atoms with E-state index in [1.807, 2.05) is 0 Å². The number of aliphatic carboxylic acids is 1. The summed E-state index contributed by atoms with van der Waals surface area (Å²) >= 11 is 0. The van der Waals surface area contributed by atoms with Crippen molar-refractivity contribution in [3.05, 3.63) is 28.8 Å². The lowest BCUT2D eigenvalue weighted by molar-refractivity contribution is -0.142. The highest BCUT2D eigenvalue weighted by Gasteiger charge is 2.28. The first kappa shape index (κ1) is 13.9. The van der Waals surface area contributed by atoms with Crippen molar-refractivity contribution in [3.8, 4) is 5.75 Å². The Balaban J connectivity index is 2.19. The van der Waals surface area contributed by atoms with Crippen molar-refractivity contribution in [2.75, 3.05) is 7.11 Å². The molecule has 1 fully saturated rings. The van der Waals surface area contributed by atoms with Gasteiger partial charge in [-0.2, -0.15) is 0 Å². The van der Waals surface area contributed by atoms with Gasteiger partial charge in [0.25, 0.3) is 0 Å². The van der Waals surface area contributed by atoms with E-state index in [0.717, 1.165) is 31.4 Å². The summed E-state index contributed by atoms with van der Waals surface area (Å²) in [6.07, 6.45) is 3.43. The van der Waals surface area contributed by atoms with Gasteiger partial charge in [-0.25, -0.2) is 0 Å². The number of methoxy groups -OCH3 is 1. The van der Waals surface area contributed by atoms with Gasteiger partial charge in [-0.15, -0.1) is 0 Å². The fraction of sp³-hybridized carbons (Fsp3) is 0.562. The number of carboxylic acids is 1. The lowest BCUT2D eigenvalue weighted by atomic mass is 9.78. The topological polar surface area (TPSA) is 46.5 Å². The van der Waals surface area contributed by atoms with Crippen molar-refractivity contribution >= 4 is 5.97 Å². The Bertz CT molecular complexity index is 471. The monoisotopic (exact) mass is 262 g/mol. The molecule has 0 spiro atoms. The van der Waals surface area contributed by atoms with Crippen LogP contribution in [0.2, 0.25) is 0 Å². The summed E-state index contributed by atoms with van der Waals surface area (Å²) in [6.45, 7) is 4.20. The normalized spacial score (nSPS) is 23.1. The number of rotatable bonds is 3. The van der Waals surface area contributed by atoms with Crippen molar-refractivity contribution in [1.82, 2.24) is 0 Å². The van der Waals surface area contributed by atoms with Crippen LogP contribution in [-0.2, 0) is 4.79 Å². The molecule has 0 aromatic heterocycles. The first-order valence-corrected chi connectivity index (χ1v) is 6.91. The number of hydrogen-bond donors (Lipinski definition) is 1. The lowest BCUT2D eigenvalue weighted by Crippen LogP contribution is -2.20. The zero-order valence-electron chi connectivity index (χ0n) is 11.9. The highest BCUT2D eigenvalue weighted by Crippen LogP contribution is 2.40. The number of benzene rings is 1. The molecule has 0 atom stereocenters. The molecular weight excluding hydrogens is 240 g/mol. The summed E-state index contributed by atoms with van der Waals surface area (Å²) in [5, 5.41) is 9.05. The molecule has 1 aromatic carbocycles. The van der Waals surface area contributed by atoms with Crippen LogP contribution in [0.15, 0.2) is 12.1 Å². The molecular formula is C16H22O3. The Morgan fingerprint density at radius 1 is 1.16 bits per heavy atom. The molecule has 0 saturated heterocycles. The molecule has 104 valence electrons. The van der Waals surface area contributed by atoms with E-state index in [9.17, 15) is 4.79 Å². The molecule has 1 aliphatic rings. The number of aryl methyl sites for hydroxylation is 2. The van der Waals surface area contributed by atoms with E-state index in [4.69, 9.17) is 9.84 Å². The van der Waals surface area contributed by atoms with E-state index in [-0.39, 0.29) is 5.92 Å². The van der Waals surface area contributed by atoms with Gasteiger partial charge in [0.1, 0.15) is 5.75 Å². The molecule has 19 heavy (non-hydrogen) atoms. The van der Waals surface area contributed by atoms with Crippen molar-refractivity contribution in [2.45, 2.75) is 45.4 Å². The Kier molecular flexibility index (Phi) is 4.13. The Morgan fingerprint density at radius 3 is 2.26 bits per heavy atom. The van der Waals surface area contributed by atoms with E-state index >= 15 is 0 Å². The third-order valence-electron chi connectivity index (χ3n) is 4.36. The van der Waals surface area contributed by atoms with Gasteiger partial charge in [-0.05, 0) is 68.2 Å². The molecule has 1 N–H and O–H groups in total. The largest absolute Gasteiger partial charge is 0.496 e. The van der Waals surface area contributed by atoms with E-state index in [2.05, 4.69) is 26.0 Å². The molecule has 1 aromatic rings.